The van der Waals surface area contributed by atoms with E-state index in [1.807, 2.05) is 11.9 Å². The van der Waals surface area contributed by atoms with E-state index in [-0.39, 0.29) is 10.4 Å². The fourth-order valence-electron chi connectivity index (χ4n) is 1.98. The van der Waals surface area contributed by atoms with E-state index in [0.29, 0.717) is 19.8 Å². The minimum Gasteiger partial charge on any atom is -0.380 e. The van der Waals surface area contributed by atoms with Crippen LogP contribution >= 0.6 is 11.6 Å². The van der Waals surface area contributed by atoms with Crippen molar-refractivity contribution in [2.45, 2.75) is 0 Å². The summed E-state index contributed by atoms with van der Waals surface area (Å²) in [6.45, 7) is 2.74. The van der Waals surface area contributed by atoms with Crippen LogP contribution in [0.2, 0.25) is 5.02 Å². The average molecular weight is 259 g/mol. The van der Waals surface area contributed by atoms with Crippen LogP contribution in [-0.4, -0.2) is 33.4 Å². The molecular formula is C12H16ClFN2O. The normalized spacial score (nSPS) is 17.6. The van der Waals surface area contributed by atoms with Crippen molar-refractivity contribution in [1.29, 1.82) is 0 Å². The molecule has 0 amide bonds. The fraction of sp³-hybridized carbons (Fsp3) is 0.500. The summed E-state index contributed by atoms with van der Waals surface area (Å²) in [6.07, 6.45) is 0. The first-order valence-electron chi connectivity index (χ1n) is 5.50. The molecule has 1 fully saturated rings. The molecule has 3 nitrogen and oxygen atoms in total. The van der Waals surface area contributed by atoms with Gasteiger partial charge in [-0.25, -0.2) is 4.39 Å². The topological polar surface area (TPSA) is 38.5 Å². The largest absolute Gasteiger partial charge is 0.380 e. The molecule has 0 aromatic heterocycles. The highest BCUT2D eigenvalue weighted by Gasteiger charge is 2.38. The number of benzene rings is 1. The number of hydrogen-bond donors (Lipinski definition) is 1. The van der Waals surface area contributed by atoms with E-state index in [2.05, 4.69) is 0 Å². The summed E-state index contributed by atoms with van der Waals surface area (Å²) in [5.41, 5.74) is 6.67. The minimum absolute atomic E-state index is 0.0234. The minimum atomic E-state index is -0.399. The van der Waals surface area contributed by atoms with Crippen LogP contribution in [0.1, 0.15) is 0 Å². The second kappa shape index (κ2) is 4.80. The van der Waals surface area contributed by atoms with Gasteiger partial charge in [0.15, 0.2) is 0 Å². The van der Waals surface area contributed by atoms with Crippen molar-refractivity contribution in [3.05, 3.63) is 29.0 Å². The van der Waals surface area contributed by atoms with E-state index in [4.69, 9.17) is 22.1 Å². The van der Waals surface area contributed by atoms with Gasteiger partial charge < -0.3 is 15.4 Å². The van der Waals surface area contributed by atoms with E-state index in [0.717, 1.165) is 12.2 Å². The standard InChI is InChI=1S/C12H16ClFN2O/c1-16(6-12(5-15)7-17-8-12)9-2-3-11(14)10(13)4-9/h2-4H,5-8,15H2,1H3. The number of anilines is 1. The van der Waals surface area contributed by atoms with Gasteiger partial charge in [0.2, 0.25) is 0 Å². The zero-order valence-corrected chi connectivity index (χ0v) is 10.5. The molecule has 5 heteroatoms. The molecular weight excluding hydrogens is 243 g/mol. The Kier molecular flexibility index (Phi) is 3.56. The number of rotatable bonds is 4. The Bertz CT molecular complexity index is 404. The molecule has 17 heavy (non-hydrogen) atoms. The van der Waals surface area contributed by atoms with Gasteiger partial charge in [-0.2, -0.15) is 0 Å². The summed E-state index contributed by atoms with van der Waals surface area (Å²) in [7, 11) is 1.94. The van der Waals surface area contributed by atoms with Gasteiger partial charge in [0.25, 0.3) is 0 Å². The van der Waals surface area contributed by atoms with Gasteiger partial charge in [-0.3, -0.25) is 0 Å². The molecule has 1 saturated heterocycles. The summed E-state index contributed by atoms with van der Waals surface area (Å²) in [6, 6.07) is 4.71. The van der Waals surface area contributed by atoms with Gasteiger partial charge >= 0.3 is 0 Å². The smallest absolute Gasteiger partial charge is 0.141 e. The zero-order valence-electron chi connectivity index (χ0n) is 9.75. The summed E-state index contributed by atoms with van der Waals surface area (Å²) < 4.78 is 18.3. The van der Waals surface area contributed by atoms with Gasteiger partial charge in [-0.05, 0) is 18.2 Å². The molecule has 1 aliphatic heterocycles. The lowest BCUT2D eigenvalue weighted by atomic mass is 9.85. The van der Waals surface area contributed by atoms with E-state index >= 15 is 0 Å². The predicted octanol–water partition coefficient (Wildman–Crippen LogP) is 1.89. The Morgan fingerprint density at radius 2 is 2.24 bits per heavy atom. The van der Waals surface area contributed by atoms with Crippen LogP contribution in [0.15, 0.2) is 18.2 Å². The van der Waals surface area contributed by atoms with Crippen molar-refractivity contribution < 1.29 is 9.13 Å². The Morgan fingerprint density at radius 1 is 1.53 bits per heavy atom. The van der Waals surface area contributed by atoms with Gasteiger partial charge in [0, 0.05) is 31.2 Å². The predicted molar refractivity (Wildman–Crippen MR) is 67.0 cm³/mol. The number of halogens is 2. The maximum atomic E-state index is 13.1. The third-order valence-electron chi connectivity index (χ3n) is 3.17. The SMILES string of the molecule is CN(CC1(CN)COC1)c1ccc(F)c(Cl)c1. The quantitative estimate of drug-likeness (QED) is 0.896. The van der Waals surface area contributed by atoms with Crippen LogP contribution in [0.3, 0.4) is 0 Å². The molecule has 94 valence electrons. The summed E-state index contributed by atoms with van der Waals surface area (Å²) in [5, 5.41) is 0.140. The Labute approximate surface area is 105 Å². The Balaban J connectivity index is 2.08. The number of hydrogen-bond acceptors (Lipinski definition) is 3. The highest BCUT2D eigenvalue weighted by atomic mass is 35.5. The molecule has 2 N–H and O–H groups in total. The Morgan fingerprint density at radius 3 is 2.71 bits per heavy atom. The van der Waals surface area contributed by atoms with E-state index in [1.54, 1.807) is 12.1 Å². The molecule has 0 radical (unpaired) electrons. The molecule has 0 atom stereocenters. The third kappa shape index (κ3) is 2.54. The number of nitrogens with two attached hydrogens (primary N) is 1. The number of ether oxygens (including phenoxy) is 1. The van der Waals surface area contributed by atoms with Crippen molar-refractivity contribution >= 4 is 17.3 Å². The first-order valence-corrected chi connectivity index (χ1v) is 5.88. The van der Waals surface area contributed by atoms with Crippen LogP contribution in [0.25, 0.3) is 0 Å². The molecule has 0 bridgehead atoms. The van der Waals surface area contributed by atoms with E-state index < -0.39 is 5.82 Å². The third-order valence-corrected chi connectivity index (χ3v) is 3.46. The van der Waals surface area contributed by atoms with E-state index in [1.165, 1.54) is 6.07 Å². The zero-order chi connectivity index (χ0) is 12.5. The maximum absolute atomic E-state index is 13.1. The van der Waals surface area contributed by atoms with Crippen molar-refractivity contribution in [1.82, 2.24) is 0 Å². The van der Waals surface area contributed by atoms with Crippen molar-refractivity contribution in [2.75, 3.05) is 38.3 Å². The molecule has 1 aliphatic rings. The van der Waals surface area contributed by atoms with Gasteiger partial charge in [0.1, 0.15) is 5.82 Å². The van der Waals surface area contributed by atoms with Gasteiger partial charge in [-0.1, -0.05) is 11.6 Å². The monoisotopic (exact) mass is 258 g/mol. The highest BCUT2D eigenvalue weighted by molar-refractivity contribution is 6.31. The van der Waals surface area contributed by atoms with Gasteiger partial charge in [0.05, 0.1) is 18.2 Å². The molecule has 0 unspecified atom stereocenters. The van der Waals surface area contributed by atoms with Gasteiger partial charge in [-0.15, -0.1) is 0 Å². The number of nitrogens with zero attached hydrogens (tertiary/aromatic N) is 1. The second-order valence-corrected chi connectivity index (χ2v) is 5.06. The highest BCUT2D eigenvalue weighted by Crippen LogP contribution is 2.30. The summed E-state index contributed by atoms with van der Waals surface area (Å²) in [4.78, 5) is 2.03. The molecule has 0 saturated carbocycles. The summed E-state index contributed by atoms with van der Waals surface area (Å²) >= 11 is 5.76. The lowest BCUT2D eigenvalue weighted by molar-refractivity contribution is -0.101. The lowest BCUT2D eigenvalue weighted by Crippen LogP contribution is -2.54. The van der Waals surface area contributed by atoms with Crippen LogP contribution in [0.5, 0.6) is 0 Å². The molecule has 1 heterocycles. The van der Waals surface area contributed by atoms with Crippen molar-refractivity contribution in [2.24, 2.45) is 11.1 Å². The molecule has 1 aromatic carbocycles. The van der Waals surface area contributed by atoms with Crippen molar-refractivity contribution in [3.63, 3.8) is 0 Å². The molecule has 0 aliphatic carbocycles. The first-order chi connectivity index (χ1) is 8.06. The van der Waals surface area contributed by atoms with Crippen LogP contribution in [0, 0.1) is 11.2 Å². The van der Waals surface area contributed by atoms with Crippen LogP contribution < -0.4 is 10.6 Å². The van der Waals surface area contributed by atoms with Crippen molar-refractivity contribution in [3.8, 4) is 0 Å². The van der Waals surface area contributed by atoms with Crippen LogP contribution in [-0.2, 0) is 4.74 Å². The Hall–Kier alpha value is -0.840. The molecule has 2 rings (SSSR count). The lowest BCUT2D eigenvalue weighted by Gasteiger charge is -2.43. The van der Waals surface area contributed by atoms with E-state index in [9.17, 15) is 4.39 Å². The maximum Gasteiger partial charge on any atom is 0.141 e. The van der Waals surface area contributed by atoms with Crippen LogP contribution in [0.4, 0.5) is 10.1 Å². The molecule has 0 spiro atoms. The first kappa shape index (κ1) is 12.6. The fourth-order valence-corrected chi connectivity index (χ4v) is 2.16. The summed E-state index contributed by atoms with van der Waals surface area (Å²) in [5.74, 6) is -0.399. The second-order valence-electron chi connectivity index (χ2n) is 4.65. The average Bonchev–Trinajstić information content (AvgIpc) is 2.27. The molecule has 1 aromatic rings.